The van der Waals surface area contributed by atoms with Gasteiger partial charge in [0.1, 0.15) is 0 Å². The molecular weight excluding hydrogens is 197 g/mol. The molecule has 2 atom stereocenters. The van der Waals surface area contributed by atoms with Gasteiger partial charge in [-0.2, -0.15) is 13.2 Å². The summed E-state index contributed by atoms with van der Waals surface area (Å²) < 4.78 is 35.8. The Hall–Kier alpha value is -0.330. The van der Waals surface area contributed by atoms with Crippen molar-refractivity contribution in [3.8, 4) is 0 Å². The second-order valence-electron chi connectivity index (χ2n) is 3.81. The van der Waals surface area contributed by atoms with Crippen LogP contribution in [0.15, 0.2) is 0 Å². The first-order valence-electron chi connectivity index (χ1n) is 4.53. The first-order chi connectivity index (χ1) is 6.37. The van der Waals surface area contributed by atoms with E-state index < -0.39 is 18.8 Å². The van der Waals surface area contributed by atoms with E-state index in [1.165, 1.54) is 11.9 Å². The van der Waals surface area contributed by atoms with Crippen LogP contribution in [0.25, 0.3) is 0 Å². The number of nitrogens with one attached hydrogen (secondary N) is 1. The van der Waals surface area contributed by atoms with Crippen LogP contribution < -0.4 is 5.32 Å². The fourth-order valence-corrected chi connectivity index (χ4v) is 1.68. The van der Waals surface area contributed by atoms with Gasteiger partial charge in [-0.15, -0.1) is 0 Å². The molecule has 1 heterocycles. The third-order valence-corrected chi connectivity index (χ3v) is 2.18. The predicted molar refractivity (Wildman–Crippen MR) is 46.0 cm³/mol. The van der Waals surface area contributed by atoms with Crippen LogP contribution >= 0.6 is 0 Å². The molecule has 0 aromatic carbocycles. The molecule has 0 amide bonds. The maximum absolute atomic E-state index is 11.9. The average Bonchev–Trinajstić information content (AvgIpc) is 2.30. The molecule has 0 spiro atoms. The van der Waals surface area contributed by atoms with Gasteiger partial charge >= 0.3 is 6.18 Å². The molecule has 6 heteroatoms. The minimum absolute atomic E-state index is 0.0302. The summed E-state index contributed by atoms with van der Waals surface area (Å²) in [5, 5.41) is 12.1. The molecule has 0 saturated carbocycles. The van der Waals surface area contributed by atoms with E-state index in [2.05, 4.69) is 5.32 Å². The zero-order valence-corrected chi connectivity index (χ0v) is 8.01. The number of hydrogen-bond donors (Lipinski definition) is 2. The van der Waals surface area contributed by atoms with E-state index in [1.54, 1.807) is 0 Å². The summed E-state index contributed by atoms with van der Waals surface area (Å²) in [6.45, 7) is -0.109. The average molecular weight is 212 g/mol. The Morgan fingerprint density at radius 1 is 1.50 bits per heavy atom. The largest absolute Gasteiger partial charge is 0.401 e. The first kappa shape index (κ1) is 11.7. The minimum Gasteiger partial charge on any atom is -0.392 e. The third-order valence-electron chi connectivity index (χ3n) is 2.18. The number of β-amino-alcohol motifs (C(OH)–C–C–N with tert-alkyl or cyclic N) is 1. The first-order valence-corrected chi connectivity index (χ1v) is 4.53. The van der Waals surface area contributed by atoms with E-state index in [-0.39, 0.29) is 6.04 Å². The van der Waals surface area contributed by atoms with E-state index in [4.69, 9.17) is 5.11 Å². The number of aliphatic hydroxyl groups excluding tert-OH is 1. The summed E-state index contributed by atoms with van der Waals surface area (Å²) in [6, 6.07) is -0.0302. The number of hydrogen-bond acceptors (Lipinski definition) is 3. The smallest absolute Gasteiger partial charge is 0.392 e. The van der Waals surface area contributed by atoms with Crippen molar-refractivity contribution in [2.45, 2.75) is 24.7 Å². The van der Waals surface area contributed by atoms with E-state index >= 15 is 0 Å². The normalized spacial score (nSPS) is 28.7. The van der Waals surface area contributed by atoms with Crippen LogP contribution in [-0.4, -0.2) is 55.0 Å². The van der Waals surface area contributed by atoms with Gasteiger partial charge < -0.3 is 10.4 Å². The molecule has 0 aliphatic carbocycles. The Labute approximate surface area is 80.9 Å². The maximum Gasteiger partial charge on any atom is 0.401 e. The molecule has 1 aliphatic heterocycles. The van der Waals surface area contributed by atoms with Crippen LogP contribution in [0.1, 0.15) is 6.42 Å². The van der Waals surface area contributed by atoms with Crippen LogP contribution in [-0.2, 0) is 0 Å². The molecule has 2 N–H and O–H groups in total. The van der Waals surface area contributed by atoms with Gasteiger partial charge in [0, 0.05) is 19.1 Å². The van der Waals surface area contributed by atoms with Gasteiger partial charge in [-0.3, -0.25) is 4.90 Å². The molecular formula is C8H15F3N2O. The minimum atomic E-state index is -4.15. The number of aliphatic hydroxyl groups is 1. The molecule has 14 heavy (non-hydrogen) atoms. The van der Waals surface area contributed by atoms with Crippen molar-refractivity contribution in [1.29, 1.82) is 0 Å². The van der Waals surface area contributed by atoms with Crippen molar-refractivity contribution in [1.82, 2.24) is 10.2 Å². The van der Waals surface area contributed by atoms with Gasteiger partial charge in [-0.25, -0.2) is 0 Å². The van der Waals surface area contributed by atoms with Gasteiger partial charge in [-0.05, 0) is 13.5 Å². The number of likely N-dealkylation sites (N-methyl/N-ethyl adjacent to an activating group) is 1. The highest BCUT2D eigenvalue weighted by atomic mass is 19.4. The SMILES string of the molecule is CN(CC1CC(O)CN1)CC(F)(F)F. The summed E-state index contributed by atoms with van der Waals surface area (Å²) >= 11 is 0. The third kappa shape index (κ3) is 4.26. The molecule has 84 valence electrons. The highest BCUT2D eigenvalue weighted by molar-refractivity contribution is 4.83. The van der Waals surface area contributed by atoms with Gasteiger partial charge in [0.2, 0.25) is 0 Å². The number of alkyl halides is 3. The van der Waals surface area contributed by atoms with Crippen molar-refractivity contribution < 1.29 is 18.3 Å². The van der Waals surface area contributed by atoms with Crippen LogP contribution in [0.5, 0.6) is 0 Å². The quantitative estimate of drug-likeness (QED) is 0.701. The summed E-state index contributed by atoms with van der Waals surface area (Å²) in [5.74, 6) is 0. The molecule has 1 rings (SSSR count). The van der Waals surface area contributed by atoms with Crippen LogP contribution in [0.4, 0.5) is 13.2 Å². The topological polar surface area (TPSA) is 35.5 Å². The number of rotatable bonds is 3. The highest BCUT2D eigenvalue weighted by Gasteiger charge is 2.31. The monoisotopic (exact) mass is 212 g/mol. The lowest BCUT2D eigenvalue weighted by molar-refractivity contribution is -0.143. The summed E-state index contributed by atoms with van der Waals surface area (Å²) in [5.41, 5.74) is 0. The van der Waals surface area contributed by atoms with Gasteiger partial charge in [0.05, 0.1) is 12.6 Å². The zero-order chi connectivity index (χ0) is 10.8. The van der Waals surface area contributed by atoms with E-state index in [9.17, 15) is 13.2 Å². The molecule has 2 unspecified atom stereocenters. The van der Waals surface area contributed by atoms with Crippen LogP contribution in [0.3, 0.4) is 0 Å². The molecule has 1 fully saturated rings. The lowest BCUT2D eigenvalue weighted by atomic mass is 10.2. The molecule has 0 aromatic rings. The summed E-state index contributed by atoms with van der Waals surface area (Å²) in [4.78, 5) is 1.22. The summed E-state index contributed by atoms with van der Waals surface area (Å²) in [7, 11) is 1.43. The highest BCUT2D eigenvalue weighted by Crippen LogP contribution is 2.16. The fourth-order valence-electron chi connectivity index (χ4n) is 1.68. The second-order valence-corrected chi connectivity index (χ2v) is 3.81. The van der Waals surface area contributed by atoms with E-state index in [1.807, 2.05) is 0 Å². The van der Waals surface area contributed by atoms with Crippen molar-refractivity contribution >= 4 is 0 Å². The zero-order valence-electron chi connectivity index (χ0n) is 8.01. The van der Waals surface area contributed by atoms with E-state index in [0.717, 1.165) is 0 Å². The maximum atomic E-state index is 11.9. The lowest BCUT2D eigenvalue weighted by Gasteiger charge is -2.21. The number of nitrogens with zero attached hydrogens (tertiary/aromatic N) is 1. The fraction of sp³-hybridized carbons (Fsp3) is 1.00. The Morgan fingerprint density at radius 3 is 2.57 bits per heavy atom. The molecule has 1 saturated heterocycles. The van der Waals surface area contributed by atoms with Gasteiger partial charge in [0.15, 0.2) is 0 Å². The molecule has 0 bridgehead atoms. The second kappa shape index (κ2) is 4.46. The van der Waals surface area contributed by atoms with Crippen molar-refractivity contribution in [3.63, 3.8) is 0 Å². The standard InChI is InChI=1S/C8H15F3N2O/c1-13(5-8(9,10)11)4-6-2-7(14)3-12-6/h6-7,12,14H,2-5H2,1H3. The van der Waals surface area contributed by atoms with Gasteiger partial charge in [0.25, 0.3) is 0 Å². The van der Waals surface area contributed by atoms with Gasteiger partial charge in [-0.1, -0.05) is 0 Å². The molecule has 0 radical (unpaired) electrons. The Bertz CT molecular complexity index is 186. The van der Waals surface area contributed by atoms with Crippen molar-refractivity contribution in [2.75, 3.05) is 26.7 Å². The van der Waals surface area contributed by atoms with Crippen molar-refractivity contribution in [3.05, 3.63) is 0 Å². The Morgan fingerprint density at radius 2 is 2.14 bits per heavy atom. The van der Waals surface area contributed by atoms with Crippen molar-refractivity contribution in [2.24, 2.45) is 0 Å². The van der Waals surface area contributed by atoms with Crippen LogP contribution in [0, 0.1) is 0 Å². The molecule has 1 aliphatic rings. The van der Waals surface area contributed by atoms with E-state index in [0.29, 0.717) is 19.5 Å². The molecule has 0 aromatic heterocycles. The summed E-state index contributed by atoms with van der Waals surface area (Å²) in [6.07, 6.45) is -4.03. The Kier molecular flexibility index (Phi) is 3.74. The lowest BCUT2D eigenvalue weighted by Crippen LogP contribution is -2.39. The van der Waals surface area contributed by atoms with Crippen LogP contribution in [0.2, 0.25) is 0 Å². The Balaban J connectivity index is 2.24. The predicted octanol–water partition coefficient (Wildman–Crippen LogP) is 0.203. The molecule has 3 nitrogen and oxygen atoms in total. The number of halogens is 3.